The minimum absolute atomic E-state index is 0.0498. The van der Waals surface area contributed by atoms with Crippen molar-refractivity contribution >= 4 is 105 Å². The van der Waals surface area contributed by atoms with E-state index in [1.807, 2.05) is 82.4 Å². The Bertz CT molecular complexity index is 4390. The molecule has 2 aliphatic heterocycles. The number of aromatic nitrogens is 3. The fourth-order valence-electron chi connectivity index (χ4n) is 10.8. The number of aryl methyl sites for hydroxylation is 3. The van der Waals surface area contributed by atoms with Gasteiger partial charge in [0.25, 0.3) is 17.7 Å². The summed E-state index contributed by atoms with van der Waals surface area (Å²) in [5.74, 6) is 1.76. The number of amidine groups is 3. The number of ketones is 3. The summed E-state index contributed by atoms with van der Waals surface area (Å²) in [5, 5.41) is 26.1. The van der Waals surface area contributed by atoms with E-state index in [2.05, 4.69) is 45.7 Å². The summed E-state index contributed by atoms with van der Waals surface area (Å²) in [6.45, 7) is 9.17. The van der Waals surface area contributed by atoms with Crippen LogP contribution in [-0.4, -0.2) is 130 Å². The quantitative estimate of drug-likeness (QED) is 0.0306. The van der Waals surface area contributed by atoms with Gasteiger partial charge in [0.2, 0.25) is 0 Å². The number of nitrogens with one attached hydrogen (secondary N) is 5. The van der Waals surface area contributed by atoms with Crippen molar-refractivity contribution in [1.82, 2.24) is 29.7 Å². The van der Waals surface area contributed by atoms with Gasteiger partial charge in [-0.2, -0.15) is 0 Å². The Morgan fingerprint density at radius 2 is 0.802 bits per heavy atom. The molecule has 0 radical (unpaired) electrons. The van der Waals surface area contributed by atoms with Crippen molar-refractivity contribution in [1.29, 1.82) is 10.8 Å². The van der Waals surface area contributed by atoms with E-state index in [1.165, 1.54) is 18.6 Å². The molecule has 0 saturated carbocycles. The lowest BCUT2D eigenvalue weighted by molar-refractivity contribution is 0.0980. The fourth-order valence-corrected chi connectivity index (χ4v) is 11.1. The molecule has 9 aromatic rings. The normalized spacial score (nSPS) is 12.2. The molecule has 0 aliphatic carbocycles. The van der Waals surface area contributed by atoms with Crippen molar-refractivity contribution in [3.63, 3.8) is 0 Å². The summed E-state index contributed by atoms with van der Waals surface area (Å²) in [7, 11) is 5.60. The maximum absolute atomic E-state index is 13.1. The molecular formula is C75H71Cl3N12O6. The molecule has 11 rings (SSSR count). The number of anilines is 3. The van der Waals surface area contributed by atoms with Gasteiger partial charge < -0.3 is 30.7 Å². The Morgan fingerprint density at radius 1 is 0.458 bits per heavy atom. The summed E-state index contributed by atoms with van der Waals surface area (Å²) >= 11 is 17.6. The molecule has 5 heterocycles. The molecular weight excluding hydrogens is 1270 g/mol. The second-order valence-corrected chi connectivity index (χ2v) is 24.5. The smallest absolute Gasteiger partial charge is 0.257 e. The molecule has 488 valence electrons. The first-order valence-corrected chi connectivity index (χ1v) is 32.0. The molecule has 0 spiro atoms. The number of nitrogens with zero attached hydrogens (tertiary/aromatic N) is 7. The second kappa shape index (κ2) is 32.5. The average Bonchev–Trinajstić information content (AvgIpc) is 0.931. The van der Waals surface area contributed by atoms with E-state index in [-0.39, 0.29) is 54.3 Å². The van der Waals surface area contributed by atoms with E-state index in [0.717, 1.165) is 78.2 Å². The van der Waals surface area contributed by atoms with Crippen LogP contribution < -0.4 is 16.0 Å². The maximum Gasteiger partial charge on any atom is 0.257 e. The number of aliphatic imine (C=N–C) groups is 1. The number of Topliss-reactive ketones (excluding diaryl/α,β-unsaturated/α-hetero) is 3. The zero-order valence-corrected chi connectivity index (χ0v) is 56.2. The first kappa shape index (κ1) is 69.8. The van der Waals surface area contributed by atoms with Crippen LogP contribution in [0.25, 0.3) is 0 Å². The van der Waals surface area contributed by atoms with Crippen molar-refractivity contribution in [2.24, 2.45) is 4.99 Å². The van der Waals surface area contributed by atoms with Gasteiger partial charge in [0.15, 0.2) is 17.3 Å². The Balaban J connectivity index is 0.000000169. The third kappa shape index (κ3) is 18.2. The number of carbonyl (C=O) groups is 6. The predicted octanol–water partition coefficient (Wildman–Crippen LogP) is 14.2. The second-order valence-electron chi connectivity index (χ2n) is 23.2. The molecule has 1 fully saturated rings. The number of benzene rings is 6. The number of rotatable bonds is 18. The first-order chi connectivity index (χ1) is 46.1. The highest BCUT2D eigenvalue weighted by atomic mass is 35.5. The minimum atomic E-state index is -0.337. The Hall–Kier alpha value is -10.5. The van der Waals surface area contributed by atoms with Gasteiger partial charge >= 0.3 is 0 Å². The van der Waals surface area contributed by atoms with Gasteiger partial charge in [0.05, 0.1) is 21.6 Å². The molecule has 3 aromatic heterocycles. The molecule has 0 unspecified atom stereocenters. The van der Waals surface area contributed by atoms with Gasteiger partial charge in [0.1, 0.15) is 35.0 Å². The molecule has 21 heteroatoms. The summed E-state index contributed by atoms with van der Waals surface area (Å²) in [4.78, 5) is 100. The lowest BCUT2D eigenvalue weighted by Gasteiger charge is -2.18. The van der Waals surface area contributed by atoms with Gasteiger partial charge in [-0.3, -0.25) is 44.6 Å². The zero-order chi connectivity index (χ0) is 68.6. The van der Waals surface area contributed by atoms with Crippen molar-refractivity contribution in [2.75, 3.05) is 63.3 Å². The Kier molecular flexibility index (Phi) is 23.7. The highest BCUT2D eigenvalue weighted by Gasteiger charge is 2.23. The molecule has 6 aromatic carbocycles. The van der Waals surface area contributed by atoms with Gasteiger partial charge in [-0.05, 0) is 122 Å². The number of amides is 3. The number of hydrogen-bond donors (Lipinski definition) is 5. The molecule has 2 aliphatic rings. The van der Waals surface area contributed by atoms with Crippen LogP contribution in [0.3, 0.4) is 0 Å². The van der Waals surface area contributed by atoms with Crippen LogP contribution in [0.2, 0.25) is 15.1 Å². The predicted molar refractivity (Wildman–Crippen MR) is 381 cm³/mol. The Morgan fingerprint density at radius 3 is 1.12 bits per heavy atom. The van der Waals surface area contributed by atoms with Crippen molar-refractivity contribution in [2.45, 2.75) is 52.9 Å². The van der Waals surface area contributed by atoms with Crippen LogP contribution in [0.15, 0.2) is 187 Å². The van der Waals surface area contributed by atoms with Crippen LogP contribution in [0.4, 0.5) is 17.5 Å². The van der Waals surface area contributed by atoms with Crippen LogP contribution in [0, 0.1) is 31.6 Å². The van der Waals surface area contributed by atoms with Crippen molar-refractivity contribution in [3.05, 3.63) is 281 Å². The first-order valence-electron chi connectivity index (χ1n) is 30.9. The summed E-state index contributed by atoms with van der Waals surface area (Å²) < 4.78 is 0. The van der Waals surface area contributed by atoms with E-state index < -0.39 is 0 Å². The number of likely N-dealkylation sites (tertiary alicyclic amines) is 1. The van der Waals surface area contributed by atoms with Gasteiger partial charge in [-0.25, -0.2) is 15.0 Å². The number of likely N-dealkylation sites (N-methyl/N-ethyl adjacent to an activating group) is 1. The van der Waals surface area contributed by atoms with E-state index in [0.29, 0.717) is 94.3 Å². The molecule has 3 amide bonds. The molecule has 1 saturated heterocycles. The molecule has 18 nitrogen and oxygen atoms in total. The minimum Gasteiger partial charge on any atom is -0.363 e. The molecule has 0 bridgehead atoms. The number of halogens is 3. The third-order valence-electron chi connectivity index (χ3n) is 16.2. The van der Waals surface area contributed by atoms with E-state index in [9.17, 15) is 28.8 Å². The van der Waals surface area contributed by atoms with E-state index in [1.54, 1.807) is 128 Å². The van der Waals surface area contributed by atoms with Crippen LogP contribution >= 0.6 is 34.8 Å². The van der Waals surface area contributed by atoms with Gasteiger partial charge in [-0.15, -0.1) is 0 Å². The van der Waals surface area contributed by atoms with Crippen molar-refractivity contribution in [3.8, 4) is 0 Å². The third-order valence-corrected chi connectivity index (χ3v) is 16.9. The van der Waals surface area contributed by atoms with Crippen LogP contribution in [-0.2, 0) is 19.3 Å². The Labute approximate surface area is 572 Å². The highest BCUT2D eigenvalue weighted by molar-refractivity contribution is 6.31. The largest absolute Gasteiger partial charge is 0.363 e. The van der Waals surface area contributed by atoms with Crippen LogP contribution in [0.5, 0.6) is 0 Å². The lowest BCUT2D eigenvalue weighted by Crippen LogP contribution is -2.27. The zero-order valence-electron chi connectivity index (χ0n) is 53.9. The van der Waals surface area contributed by atoms with Crippen molar-refractivity contribution < 1.29 is 28.8 Å². The van der Waals surface area contributed by atoms with Gasteiger partial charge in [-0.1, -0.05) is 144 Å². The van der Waals surface area contributed by atoms with E-state index in [4.69, 9.17) is 45.6 Å². The molecule has 5 N–H and O–H groups in total. The average molecular weight is 1340 g/mol. The number of carbonyl (C=O) groups excluding carboxylic acids is 6. The standard InChI is InChI=1S/C26H25ClN4O2.C25H23ClN4O2.C24H23ClN4O2/c1-17-5-4-6-21(26(33)30-24-12-11-20(27)16-29-24)22(17)15-23(32)18-7-9-19(10-8-18)25(28)31-13-2-3-14-31;1-16-4-3-5-20(25(32)29-23-11-10-19(26)15-28-23)21(16)14-22(31)17-6-8-18(9-7-17)24-27-12-13-30(24)2;1-15-5-4-6-19(24(31)28-22-12-11-18(25)14-27-22)20(15)13-21(30)16-7-9-17(10-8-16)23(26)29(2)3/h4-12,16,28H,2-3,13-15H2,1H3,(H,29,30,33);3-11,15H,12-14H2,1-2H3,(H,28,29,32);4-12,14,26H,13H2,1-3H3,(H,27,28,31). The van der Waals surface area contributed by atoms with Gasteiger partial charge in [0, 0.05) is 129 Å². The highest BCUT2D eigenvalue weighted by Crippen LogP contribution is 2.25. The number of hydrogen-bond acceptors (Lipinski definition) is 13. The number of pyridine rings is 3. The molecule has 96 heavy (non-hydrogen) atoms. The van der Waals surface area contributed by atoms with Crippen LogP contribution in [0.1, 0.15) is 125 Å². The fraction of sp³-hybridized carbons (Fsp3) is 0.200. The topological polar surface area (TPSA) is 247 Å². The van der Waals surface area contributed by atoms with E-state index >= 15 is 0 Å². The summed E-state index contributed by atoms with van der Waals surface area (Å²) in [6, 6.07) is 47.6. The summed E-state index contributed by atoms with van der Waals surface area (Å²) in [5.41, 5.74) is 10.2. The monoisotopic (exact) mass is 1340 g/mol. The lowest BCUT2D eigenvalue weighted by atomic mass is 9.94. The summed E-state index contributed by atoms with van der Waals surface area (Å²) in [6.07, 6.45) is 6.93. The maximum atomic E-state index is 13.1. The molecule has 0 atom stereocenters. The SMILES string of the molecule is Cc1cccc(C(=O)Nc2ccc(Cl)cn2)c1CC(=O)c1ccc(C(=N)N(C)C)cc1.Cc1cccc(C(=O)Nc2ccc(Cl)cn2)c1CC(=O)c1ccc(C(=N)N2CCCC2)cc1.Cc1cccc(C(=O)Nc2ccc(Cl)cn2)c1CC(=O)c1ccc(C2=NCCN2C)cc1.